The third-order valence-electron chi connectivity index (χ3n) is 3.59. The number of nitrogens with one attached hydrogen (secondary N) is 2. The molecule has 1 aliphatic heterocycles. The molecule has 2 heterocycles. The number of carbonyl (C=O) groups excluding carboxylic acids is 1. The smallest absolute Gasteiger partial charge is 0.245 e. The standard InChI is InChI=1S/C14H23N5O/c1-5-6-16-13-17-9-10(2)11(18-13)19-8-7-15-12(20)14(19,3)4/h9H,5-8H2,1-4H3,(H,15,20)(H,16,17,18). The van der Waals surface area contributed by atoms with Gasteiger partial charge in [-0.15, -0.1) is 0 Å². The Balaban J connectivity index is 2.32. The van der Waals surface area contributed by atoms with Gasteiger partial charge in [0.05, 0.1) is 0 Å². The summed E-state index contributed by atoms with van der Waals surface area (Å²) < 4.78 is 0. The Hall–Kier alpha value is -1.85. The van der Waals surface area contributed by atoms with E-state index in [2.05, 4.69) is 32.4 Å². The van der Waals surface area contributed by atoms with Crippen molar-refractivity contribution in [1.82, 2.24) is 15.3 Å². The van der Waals surface area contributed by atoms with Crippen molar-refractivity contribution in [3.05, 3.63) is 11.8 Å². The van der Waals surface area contributed by atoms with Gasteiger partial charge in [-0.25, -0.2) is 4.98 Å². The maximum absolute atomic E-state index is 12.1. The monoisotopic (exact) mass is 277 g/mol. The van der Waals surface area contributed by atoms with E-state index in [0.29, 0.717) is 12.5 Å². The summed E-state index contributed by atoms with van der Waals surface area (Å²) in [5, 5.41) is 6.09. The summed E-state index contributed by atoms with van der Waals surface area (Å²) in [5.41, 5.74) is 0.383. The first-order valence-corrected chi connectivity index (χ1v) is 7.10. The average Bonchev–Trinajstić information content (AvgIpc) is 2.41. The largest absolute Gasteiger partial charge is 0.354 e. The number of piperazine rings is 1. The maximum atomic E-state index is 12.1. The summed E-state index contributed by atoms with van der Waals surface area (Å²) in [4.78, 5) is 23.0. The molecule has 0 unspecified atom stereocenters. The SMILES string of the molecule is CCCNc1ncc(C)c(N2CCNC(=O)C2(C)C)n1. The third-order valence-corrected chi connectivity index (χ3v) is 3.59. The van der Waals surface area contributed by atoms with Gasteiger partial charge in [-0.1, -0.05) is 6.92 Å². The first-order chi connectivity index (χ1) is 9.46. The second-order valence-corrected chi connectivity index (χ2v) is 5.59. The molecule has 0 bridgehead atoms. The van der Waals surface area contributed by atoms with E-state index in [1.165, 1.54) is 0 Å². The van der Waals surface area contributed by atoms with E-state index < -0.39 is 5.54 Å². The highest BCUT2D eigenvalue weighted by atomic mass is 16.2. The Kier molecular flexibility index (Phi) is 4.11. The van der Waals surface area contributed by atoms with Gasteiger partial charge in [0, 0.05) is 31.4 Å². The third kappa shape index (κ3) is 2.69. The highest BCUT2D eigenvalue weighted by Crippen LogP contribution is 2.27. The van der Waals surface area contributed by atoms with Crippen molar-refractivity contribution >= 4 is 17.7 Å². The zero-order valence-corrected chi connectivity index (χ0v) is 12.7. The van der Waals surface area contributed by atoms with Gasteiger partial charge >= 0.3 is 0 Å². The van der Waals surface area contributed by atoms with Gasteiger partial charge in [0.1, 0.15) is 11.4 Å². The number of hydrogen-bond donors (Lipinski definition) is 2. The topological polar surface area (TPSA) is 70.2 Å². The van der Waals surface area contributed by atoms with Crippen LogP contribution in [0.2, 0.25) is 0 Å². The highest BCUT2D eigenvalue weighted by molar-refractivity contribution is 5.90. The highest BCUT2D eigenvalue weighted by Gasteiger charge is 2.39. The van der Waals surface area contributed by atoms with Crippen LogP contribution in [0, 0.1) is 6.92 Å². The summed E-state index contributed by atoms with van der Waals surface area (Å²) in [6.07, 6.45) is 2.83. The van der Waals surface area contributed by atoms with Crippen LogP contribution in [0.15, 0.2) is 6.20 Å². The molecule has 1 aromatic heterocycles. The van der Waals surface area contributed by atoms with Crippen molar-refractivity contribution in [1.29, 1.82) is 0 Å². The predicted molar refractivity (Wildman–Crippen MR) is 80.0 cm³/mol. The van der Waals surface area contributed by atoms with Crippen molar-refractivity contribution in [2.45, 2.75) is 39.7 Å². The van der Waals surface area contributed by atoms with Crippen molar-refractivity contribution in [2.75, 3.05) is 29.9 Å². The molecule has 1 saturated heterocycles. The first kappa shape index (κ1) is 14.6. The predicted octanol–water partition coefficient (Wildman–Crippen LogP) is 1.32. The molecule has 20 heavy (non-hydrogen) atoms. The van der Waals surface area contributed by atoms with E-state index >= 15 is 0 Å². The number of hydrogen-bond acceptors (Lipinski definition) is 5. The second kappa shape index (κ2) is 5.64. The first-order valence-electron chi connectivity index (χ1n) is 7.10. The molecule has 6 heteroatoms. The number of anilines is 2. The number of carbonyl (C=O) groups is 1. The van der Waals surface area contributed by atoms with E-state index in [1.54, 1.807) is 0 Å². The van der Waals surface area contributed by atoms with Crippen LogP contribution in [0.1, 0.15) is 32.8 Å². The fourth-order valence-electron chi connectivity index (χ4n) is 2.30. The van der Waals surface area contributed by atoms with Crippen molar-refractivity contribution < 1.29 is 4.79 Å². The minimum Gasteiger partial charge on any atom is -0.354 e. The lowest BCUT2D eigenvalue weighted by Crippen LogP contribution is -2.62. The molecule has 0 atom stereocenters. The van der Waals surface area contributed by atoms with Gasteiger partial charge in [0.15, 0.2) is 0 Å². The van der Waals surface area contributed by atoms with Crippen LogP contribution in [-0.4, -0.2) is 41.0 Å². The van der Waals surface area contributed by atoms with Gasteiger partial charge in [-0.05, 0) is 27.2 Å². The lowest BCUT2D eigenvalue weighted by molar-refractivity contribution is -0.126. The van der Waals surface area contributed by atoms with Crippen LogP contribution < -0.4 is 15.5 Å². The quantitative estimate of drug-likeness (QED) is 0.868. The Bertz CT molecular complexity index is 500. The van der Waals surface area contributed by atoms with Crippen LogP contribution in [0.3, 0.4) is 0 Å². The van der Waals surface area contributed by atoms with Crippen LogP contribution in [0.25, 0.3) is 0 Å². The van der Waals surface area contributed by atoms with Gasteiger partial charge in [0.2, 0.25) is 11.9 Å². The number of amides is 1. The molecule has 1 aromatic rings. The van der Waals surface area contributed by atoms with E-state index in [9.17, 15) is 4.79 Å². The maximum Gasteiger partial charge on any atom is 0.245 e. The van der Waals surface area contributed by atoms with Crippen molar-refractivity contribution in [3.63, 3.8) is 0 Å². The van der Waals surface area contributed by atoms with Gasteiger partial charge in [0.25, 0.3) is 0 Å². The Morgan fingerprint density at radius 2 is 2.25 bits per heavy atom. The van der Waals surface area contributed by atoms with Crippen LogP contribution in [0.5, 0.6) is 0 Å². The molecular weight excluding hydrogens is 254 g/mol. The Labute approximate surface area is 120 Å². The average molecular weight is 277 g/mol. The Morgan fingerprint density at radius 1 is 1.50 bits per heavy atom. The zero-order valence-electron chi connectivity index (χ0n) is 12.7. The van der Waals surface area contributed by atoms with Gasteiger partial charge < -0.3 is 15.5 Å². The minimum atomic E-state index is -0.598. The number of aryl methyl sites for hydroxylation is 1. The molecule has 0 aliphatic carbocycles. The molecule has 6 nitrogen and oxygen atoms in total. The minimum absolute atomic E-state index is 0.0322. The molecule has 1 amide bonds. The summed E-state index contributed by atoms with van der Waals surface area (Å²) in [6.45, 7) is 10.1. The molecule has 1 fully saturated rings. The normalized spacial score (nSPS) is 17.8. The molecule has 0 radical (unpaired) electrons. The van der Waals surface area contributed by atoms with Crippen molar-refractivity contribution in [3.8, 4) is 0 Å². The lowest BCUT2D eigenvalue weighted by atomic mass is 9.98. The fourth-order valence-corrected chi connectivity index (χ4v) is 2.30. The molecule has 0 saturated carbocycles. The molecule has 2 rings (SSSR count). The van der Waals surface area contributed by atoms with E-state index in [4.69, 9.17) is 0 Å². The summed E-state index contributed by atoms with van der Waals surface area (Å²) in [6, 6.07) is 0. The van der Waals surface area contributed by atoms with Gasteiger partial charge in [-0.3, -0.25) is 4.79 Å². The molecule has 1 aliphatic rings. The second-order valence-electron chi connectivity index (χ2n) is 5.59. The molecule has 0 spiro atoms. The lowest BCUT2D eigenvalue weighted by Gasteiger charge is -2.42. The summed E-state index contributed by atoms with van der Waals surface area (Å²) in [5.74, 6) is 1.48. The van der Waals surface area contributed by atoms with Crippen LogP contribution in [0.4, 0.5) is 11.8 Å². The summed E-state index contributed by atoms with van der Waals surface area (Å²) in [7, 11) is 0. The molecule has 2 N–H and O–H groups in total. The van der Waals surface area contributed by atoms with Crippen LogP contribution >= 0.6 is 0 Å². The molecular formula is C14H23N5O. The van der Waals surface area contributed by atoms with Gasteiger partial charge in [-0.2, -0.15) is 4.98 Å². The molecule has 0 aromatic carbocycles. The van der Waals surface area contributed by atoms with E-state index in [0.717, 1.165) is 30.9 Å². The van der Waals surface area contributed by atoms with Crippen molar-refractivity contribution in [2.24, 2.45) is 0 Å². The zero-order chi connectivity index (χ0) is 14.8. The number of nitrogens with zero attached hydrogens (tertiary/aromatic N) is 3. The van der Waals surface area contributed by atoms with E-state index in [1.807, 2.05) is 27.0 Å². The number of rotatable bonds is 4. The Morgan fingerprint density at radius 3 is 2.95 bits per heavy atom. The fraction of sp³-hybridized carbons (Fsp3) is 0.643. The molecule has 110 valence electrons. The van der Waals surface area contributed by atoms with E-state index in [-0.39, 0.29) is 5.91 Å². The van der Waals surface area contributed by atoms with Crippen LogP contribution in [-0.2, 0) is 4.79 Å². The summed E-state index contributed by atoms with van der Waals surface area (Å²) >= 11 is 0. The number of aromatic nitrogens is 2.